The number of nitrogens with zero attached hydrogens (tertiary/aromatic N) is 2. The predicted molar refractivity (Wildman–Crippen MR) is 71.8 cm³/mol. The van der Waals surface area contributed by atoms with Gasteiger partial charge in [-0.25, -0.2) is 0 Å². The second-order valence-electron chi connectivity index (χ2n) is 3.50. The van der Waals surface area contributed by atoms with Crippen molar-refractivity contribution in [3.63, 3.8) is 0 Å². The number of hydrogen-bond acceptors (Lipinski definition) is 5. The maximum absolute atomic E-state index is 11.9. The van der Waals surface area contributed by atoms with E-state index in [-0.39, 0.29) is 11.7 Å². The number of nitrogens with one attached hydrogen (secondary N) is 1. The van der Waals surface area contributed by atoms with Gasteiger partial charge in [0.1, 0.15) is 11.0 Å². The van der Waals surface area contributed by atoms with Gasteiger partial charge in [-0.05, 0) is 40.2 Å². The molecule has 18 heavy (non-hydrogen) atoms. The first kappa shape index (κ1) is 11.4. The molecule has 0 aliphatic heterocycles. The van der Waals surface area contributed by atoms with E-state index in [0.29, 0.717) is 15.9 Å². The van der Waals surface area contributed by atoms with Gasteiger partial charge in [0.25, 0.3) is 5.91 Å². The zero-order valence-corrected chi connectivity index (χ0v) is 11.3. The molecule has 3 aromatic rings. The highest BCUT2D eigenvalue weighted by Crippen LogP contribution is 2.22. The van der Waals surface area contributed by atoms with Gasteiger partial charge in [-0.15, -0.1) is 0 Å². The van der Waals surface area contributed by atoms with Crippen LogP contribution in [-0.2, 0) is 0 Å². The van der Waals surface area contributed by atoms with Crippen molar-refractivity contribution < 1.29 is 9.21 Å². The lowest BCUT2D eigenvalue weighted by Gasteiger charge is -2.02. The van der Waals surface area contributed by atoms with Crippen molar-refractivity contribution in [2.75, 3.05) is 5.32 Å². The number of rotatable bonds is 2. The largest absolute Gasteiger partial charge is 0.444 e. The van der Waals surface area contributed by atoms with Crippen LogP contribution in [0.2, 0.25) is 0 Å². The van der Waals surface area contributed by atoms with Crippen LogP contribution in [0.3, 0.4) is 0 Å². The minimum Gasteiger partial charge on any atom is -0.444 e. The van der Waals surface area contributed by atoms with E-state index in [9.17, 15) is 4.79 Å². The van der Waals surface area contributed by atoms with Gasteiger partial charge in [-0.3, -0.25) is 4.79 Å². The molecule has 0 bridgehead atoms. The van der Waals surface area contributed by atoms with Gasteiger partial charge in [-0.1, -0.05) is 6.07 Å². The number of amides is 1. The van der Waals surface area contributed by atoms with Gasteiger partial charge >= 0.3 is 0 Å². The van der Waals surface area contributed by atoms with Crippen LogP contribution < -0.4 is 5.32 Å². The molecule has 1 amide bonds. The summed E-state index contributed by atoms with van der Waals surface area (Å²) in [4.78, 5) is 11.9. The van der Waals surface area contributed by atoms with E-state index in [1.807, 2.05) is 12.1 Å². The van der Waals surface area contributed by atoms with Crippen LogP contribution in [0.5, 0.6) is 0 Å². The number of carbonyl (C=O) groups is 1. The first-order chi connectivity index (χ1) is 8.74. The second kappa shape index (κ2) is 4.51. The van der Waals surface area contributed by atoms with Gasteiger partial charge in [0.05, 0.1) is 17.4 Å². The fourth-order valence-electron chi connectivity index (χ4n) is 1.53. The summed E-state index contributed by atoms with van der Waals surface area (Å²) in [6.07, 6.45) is 0. The van der Waals surface area contributed by atoms with Crippen LogP contribution in [0.4, 0.5) is 5.69 Å². The highest BCUT2D eigenvalue weighted by Gasteiger charge is 2.13. The summed E-state index contributed by atoms with van der Waals surface area (Å²) in [6, 6.07) is 8.70. The van der Waals surface area contributed by atoms with Gasteiger partial charge in [0.15, 0.2) is 10.4 Å². The Labute approximate surface area is 114 Å². The number of anilines is 1. The van der Waals surface area contributed by atoms with E-state index < -0.39 is 0 Å². The van der Waals surface area contributed by atoms with Crippen LogP contribution in [0.1, 0.15) is 10.6 Å². The SMILES string of the molecule is O=C(Nc1cccc2nsnc12)c1ccc(Br)o1. The summed E-state index contributed by atoms with van der Waals surface area (Å²) in [7, 11) is 0. The lowest BCUT2D eigenvalue weighted by Crippen LogP contribution is -2.11. The zero-order chi connectivity index (χ0) is 12.5. The van der Waals surface area contributed by atoms with Gasteiger partial charge < -0.3 is 9.73 Å². The number of hydrogen-bond donors (Lipinski definition) is 1. The van der Waals surface area contributed by atoms with Crippen LogP contribution in [0, 0.1) is 0 Å². The van der Waals surface area contributed by atoms with E-state index in [2.05, 4.69) is 30.0 Å². The molecule has 5 nitrogen and oxygen atoms in total. The third kappa shape index (κ3) is 2.02. The Morgan fingerprint density at radius 1 is 1.28 bits per heavy atom. The Bertz CT molecular complexity index is 722. The Morgan fingerprint density at radius 2 is 2.17 bits per heavy atom. The number of furan rings is 1. The minimum atomic E-state index is -0.318. The van der Waals surface area contributed by atoms with Crippen molar-refractivity contribution in [1.82, 2.24) is 8.75 Å². The average molecular weight is 324 g/mol. The lowest BCUT2D eigenvalue weighted by atomic mass is 10.2. The van der Waals surface area contributed by atoms with Crippen molar-refractivity contribution in [2.45, 2.75) is 0 Å². The fourth-order valence-corrected chi connectivity index (χ4v) is 2.38. The van der Waals surface area contributed by atoms with Crippen molar-refractivity contribution in [3.8, 4) is 0 Å². The molecule has 0 radical (unpaired) electrons. The van der Waals surface area contributed by atoms with Gasteiger partial charge in [0.2, 0.25) is 0 Å². The summed E-state index contributed by atoms with van der Waals surface area (Å²) in [5.41, 5.74) is 2.07. The second-order valence-corrected chi connectivity index (χ2v) is 4.81. The Morgan fingerprint density at radius 3 is 2.94 bits per heavy atom. The van der Waals surface area contributed by atoms with Crippen molar-refractivity contribution in [2.24, 2.45) is 0 Å². The van der Waals surface area contributed by atoms with E-state index in [4.69, 9.17) is 4.42 Å². The Kier molecular flexibility index (Phi) is 2.85. The Balaban J connectivity index is 1.92. The first-order valence-electron chi connectivity index (χ1n) is 5.02. The molecule has 7 heteroatoms. The predicted octanol–water partition coefficient (Wildman–Crippen LogP) is 3.30. The minimum absolute atomic E-state index is 0.238. The summed E-state index contributed by atoms with van der Waals surface area (Å²) < 4.78 is 14.0. The summed E-state index contributed by atoms with van der Waals surface area (Å²) in [5.74, 6) is -0.0803. The van der Waals surface area contributed by atoms with Crippen LogP contribution in [0.25, 0.3) is 11.0 Å². The molecule has 0 fully saturated rings. The normalized spacial score (nSPS) is 10.7. The molecule has 3 rings (SSSR count). The molecular weight excluding hydrogens is 318 g/mol. The van der Waals surface area contributed by atoms with Crippen LogP contribution in [0.15, 0.2) is 39.4 Å². The molecule has 0 unspecified atom stereocenters. The molecule has 0 spiro atoms. The van der Waals surface area contributed by atoms with Crippen molar-refractivity contribution in [1.29, 1.82) is 0 Å². The quantitative estimate of drug-likeness (QED) is 0.785. The number of carbonyl (C=O) groups excluding carboxylic acids is 1. The number of fused-ring (bicyclic) bond motifs is 1. The fraction of sp³-hybridized carbons (Fsp3) is 0. The molecule has 90 valence electrons. The standard InChI is InChI=1S/C11H6BrN3O2S/c12-9-5-4-8(17-9)11(16)13-6-2-1-3-7-10(6)15-18-14-7/h1-5H,(H,13,16). The van der Waals surface area contributed by atoms with Crippen molar-refractivity contribution >= 4 is 50.3 Å². The van der Waals surface area contributed by atoms with E-state index >= 15 is 0 Å². The molecule has 0 aliphatic rings. The molecule has 1 N–H and O–H groups in total. The van der Waals surface area contributed by atoms with Gasteiger partial charge in [-0.2, -0.15) is 8.75 Å². The first-order valence-corrected chi connectivity index (χ1v) is 6.54. The summed E-state index contributed by atoms with van der Waals surface area (Å²) in [6.45, 7) is 0. The van der Waals surface area contributed by atoms with Crippen LogP contribution >= 0.6 is 27.7 Å². The molecule has 0 saturated heterocycles. The van der Waals surface area contributed by atoms with E-state index in [1.165, 1.54) is 0 Å². The number of aromatic nitrogens is 2. The molecule has 0 aliphatic carbocycles. The smallest absolute Gasteiger partial charge is 0.291 e. The molecular formula is C11H6BrN3O2S. The number of halogens is 1. The summed E-state index contributed by atoms with van der Waals surface area (Å²) >= 11 is 4.26. The van der Waals surface area contributed by atoms with E-state index in [0.717, 1.165) is 17.2 Å². The van der Waals surface area contributed by atoms with E-state index in [1.54, 1.807) is 18.2 Å². The third-order valence-electron chi connectivity index (χ3n) is 2.33. The van der Waals surface area contributed by atoms with Crippen LogP contribution in [-0.4, -0.2) is 14.7 Å². The molecule has 1 aromatic carbocycles. The van der Waals surface area contributed by atoms with Gasteiger partial charge in [0, 0.05) is 0 Å². The lowest BCUT2D eigenvalue weighted by molar-refractivity contribution is 0.0995. The average Bonchev–Trinajstić information content (AvgIpc) is 2.97. The maximum Gasteiger partial charge on any atom is 0.291 e. The third-order valence-corrected chi connectivity index (χ3v) is 3.30. The highest BCUT2D eigenvalue weighted by molar-refractivity contribution is 9.10. The maximum atomic E-state index is 11.9. The Hall–Kier alpha value is -1.73. The summed E-state index contributed by atoms with van der Waals surface area (Å²) in [5, 5.41) is 2.75. The molecule has 2 aromatic heterocycles. The molecule has 0 saturated carbocycles. The highest BCUT2D eigenvalue weighted by atomic mass is 79.9. The molecule has 2 heterocycles. The number of benzene rings is 1. The topological polar surface area (TPSA) is 68.0 Å². The zero-order valence-electron chi connectivity index (χ0n) is 8.88. The molecule has 0 atom stereocenters. The monoisotopic (exact) mass is 323 g/mol. The van der Waals surface area contributed by atoms with Crippen molar-refractivity contribution in [3.05, 3.63) is 40.8 Å².